The highest BCUT2D eigenvalue weighted by Crippen LogP contribution is 2.48. The number of hydrogen-bond acceptors (Lipinski definition) is 3. The van der Waals surface area contributed by atoms with Crippen molar-refractivity contribution in [3.05, 3.63) is 53.4 Å². The number of primary amides is 1. The molecule has 0 radical (unpaired) electrons. The first-order valence-corrected chi connectivity index (χ1v) is 9.59. The number of hydrogen-bond donors (Lipinski definition) is 2. The van der Waals surface area contributed by atoms with Gasteiger partial charge >= 0.3 is 6.18 Å². The molecule has 1 unspecified atom stereocenters. The second-order valence-electron chi connectivity index (χ2n) is 7.99. The van der Waals surface area contributed by atoms with Gasteiger partial charge in [-0.3, -0.25) is 9.59 Å². The maximum Gasteiger partial charge on any atom is 0.416 e. The predicted molar refractivity (Wildman–Crippen MR) is 101 cm³/mol. The van der Waals surface area contributed by atoms with Gasteiger partial charge in [0.15, 0.2) is 0 Å². The number of allylic oxidation sites excluding steroid dienone is 2. The van der Waals surface area contributed by atoms with Crippen molar-refractivity contribution >= 4 is 17.4 Å². The summed E-state index contributed by atoms with van der Waals surface area (Å²) in [5.74, 6) is -0.265. The van der Waals surface area contributed by atoms with Gasteiger partial charge in [-0.25, -0.2) is 0 Å². The van der Waals surface area contributed by atoms with E-state index >= 15 is 0 Å². The number of carbonyl (C=O) groups excluding carboxylic acids is 2. The summed E-state index contributed by atoms with van der Waals surface area (Å²) in [7, 11) is 1.71. The Balaban J connectivity index is 1.75. The molecule has 0 bridgehead atoms. The van der Waals surface area contributed by atoms with E-state index in [1.807, 2.05) is 0 Å². The van der Waals surface area contributed by atoms with Gasteiger partial charge in [0, 0.05) is 13.0 Å². The second kappa shape index (κ2) is 6.64. The van der Waals surface area contributed by atoms with Crippen molar-refractivity contribution in [3.8, 4) is 0 Å². The maximum absolute atomic E-state index is 12.9. The first-order chi connectivity index (χ1) is 13.6. The Labute approximate surface area is 166 Å². The Morgan fingerprint density at radius 2 is 1.76 bits per heavy atom. The maximum atomic E-state index is 12.9. The van der Waals surface area contributed by atoms with Crippen LogP contribution in [-0.4, -0.2) is 29.3 Å². The largest absolute Gasteiger partial charge is 0.416 e. The predicted octanol–water partition coefficient (Wildman–Crippen LogP) is 3.04. The van der Waals surface area contributed by atoms with Crippen LogP contribution in [0.2, 0.25) is 0 Å². The summed E-state index contributed by atoms with van der Waals surface area (Å²) >= 11 is 0. The normalized spacial score (nSPS) is 24.6. The van der Waals surface area contributed by atoms with Crippen LogP contribution < -0.4 is 11.1 Å². The summed E-state index contributed by atoms with van der Waals surface area (Å²) in [5, 5.41) is 2.88. The number of nitrogens with zero attached hydrogens (tertiary/aromatic N) is 1. The van der Waals surface area contributed by atoms with Crippen molar-refractivity contribution in [3.63, 3.8) is 0 Å². The van der Waals surface area contributed by atoms with Gasteiger partial charge in [0.1, 0.15) is 11.4 Å². The molecular formula is C21H22F3N3O2. The average molecular weight is 405 g/mol. The Hall–Kier alpha value is -2.77. The number of halogens is 3. The van der Waals surface area contributed by atoms with Gasteiger partial charge in [-0.15, -0.1) is 0 Å². The first kappa shape index (κ1) is 19.5. The minimum absolute atomic E-state index is 0.00373. The lowest BCUT2D eigenvalue weighted by molar-refractivity contribution is -0.137. The van der Waals surface area contributed by atoms with Crippen LogP contribution >= 0.6 is 0 Å². The fraction of sp³-hybridized carbons (Fsp3) is 0.429. The number of carbonyl (C=O) groups is 2. The monoisotopic (exact) mass is 405 g/mol. The Morgan fingerprint density at radius 1 is 1.14 bits per heavy atom. The van der Waals surface area contributed by atoms with Crippen LogP contribution in [0.15, 0.2) is 42.2 Å². The van der Waals surface area contributed by atoms with Crippen molar-refractivity contribution in [2.75, 3.05) is 7.05 Å². The molecule has 0 spiro atoms. The molecule has 0 aromatic heterocycles. The van der Waals surface area contributed by atoms with E-state index in [0.29, 0.717) is 17.0 Å². The highest BCUT2D eigenvalue weighted by molar-refractivity contribution is 5.94. The standard InChI is InChI=1S/C21H22F3N3O2/c1-27-17(26-18(28)13-2-3-13)10-14(11-20(27,19(25)29)15-8-9-15)12-4-6-16(7-5-12)21(22,23)24/h4-7,10-11,13,15H,2-3,8-9H2,1H3,(H2,25,29)(H,26,28). The topological polar surface area (TPSA) is 75.4 Å². The van der Waals surface area contributed by atoms with Crippen molar-refractivity contribution in [1.82, 2.24) is 10.2 Å². The van der Waals surface area contributed by atoms with E-state index in [9.17, 15) is 22.8 Å². The summed E-state index contributed by atoms with van der Waals surface area (Å²) in [4.78, 5) is 26.6. The number of nitrogens with two attached hydrogens (primary N) is 1. The quantitative estimate of drug-likeness (QED) is 0.791. The fourth-order valence-electron chi connectivity index (χ4n) is 3.88. The number of likely N-dealkylation sites (N-methyl/N-ethyl adjacent to an activating group) is 1. The molecular weight excluding hydrogens is 383 g/mol. The molecule has 1 aromatic rings. The van der Waals surface area contributed by atoms with Crippen LogP contribution in [0.25, 0.3) is 5.57 Å². The minimum atomic E-state index is -4.43. The van der Waals surface area contributed by atoms with Gasteiger partial charge in [0.2, 0.25) is 11.8 Å². The Kier molecular flexibility index (Phi) is 4.47. The van der Waals surface area contributed by atoms with Crippen LogP contribution in [0.5, 0.6) is 0 Å². The summed E-state index contributed by atoms with van der Waals surface area (Å²) in [6.07, 6.45) is 2.27. The van der Waals surface area contributed by atoms with Crippen LogP contribution in [0.4, 0.5) is 13.2 Å². The molecule has 3 aliphatic rings. The van der Waals surface area contributed by atoms with Crippen molar-refractivity contribution in [2.45, 2.75) is 37.4 Å². The molecule has 1 aromatic carbocycles. The van der Waals surface area contributed by atoms with Gasteiger partial charge in [0.25, 0.3) is 0 Å². The smallest absolute Gasteiger partial charge is 0.367 e. The second-order valence-corrected chi connectivity index (χ2v) is 7.99. The molecule has 4 rings (SSSR count). The molecule has 3 N–H and O–H groups in total. The lowest BCUT2D eigenvalue weighted by atomic mass is 9.83. The van der Waals surface area contributed by atoms with Gasteiger partial charge in [-0.2, -0.15) is 13.2 Å². The molecule has 0 saturated heterocycles. The lowest BCUT2D eigenvalue weighted by Gasteiger charge is -2.43. The van der Waals surface area contributed by atoms with E-state index in [-0.39, 0.29) is 17.7 Å². The SMILES string of the molecule is CN1C(NC(=O)C2CC2)=CC(c2ccc(C(F)(F)F)cc2)=CC1(C(N)=O)C1CC1. The Bertz CT molecular complexity index is 912. The summed E-state index contributed by atoms with van der Waals surface area (Å²) in [5.41, 5.74) is 5.02. The number of amides is 2. The third-order valence-electron chi connectivity index (χ3n) is 5.92. The molecule has 2 saturated carbocycles. The van der Waals surface area contributed by atoms with E-state index in [1.165, 1.54) is 12.1 Å². The Morgan fingerprint density at radius 3 is 2.24 bits per heavy atom. The molecule has 1 atom stereocenters. The molecule has 1 heterocycles. The van der Waals surface area contributed by atoms with Crippen molar-refractivity contribution in [2.24, 2.45) is 17.6 Å². The van der Waals surface area contributed by atoms with Gasteiger partial charge < -0.3 is 16.0 Å². The number of rotatable bonds is 5. The van der Waals surface area contributed by atoms with Gasteiger partial charge in [0.05, 0.1) is 5.56 Å². The number of benzene rings is 1. The molecule has 2 amide bonds. The third kappa shape index (κ3) is 3.52. The zero-order valence-corrected chi connectivity index (χ0v) is 15.9. The molecule has 1 aliphatic heterocycles. The van der Waals surface area contributed by atoms with E-state index in [1.54, 1.807) is 24.1 Å². The van der Waals surface area contributed by atoms with Gasteiger partial charge in [-0.1, -0.05) is 12.1 Å². The summed E-state index contributed by atoms with van der Waals surface area (Å²) in [6, 6.07) is 4.76. The zero-order chi connectivity index (χ0) is 21.0. The highest BCUT2D eigenvalue weighted by Gasteiger charge is 2.53. The van der Waals surface area contributed by atoms with Crippen LogP contribution in [0.3, 0.4) is 0 Å². The van der Waals surface area contributed by atoms with E-state index in [2.05, 4.69) is 5.32 Å². The molecule has 29 heavy (non-hydrogen) atoms. The van der Waals surface area contributed by atoms with Crippen LogP contribution in [0, 0.1) is 11.8 Å². The minimum Gasteiger partial charge on any atom is -0.367 e. The molecule has 5 nitrogen and oxygen atoms in total. The number of alkyl halides is 3. The molecule has 2 fully saturated rings. The van der Waals surface area contributed by atoms with E-state index in [0.717, 1.165) is 37.8 Å². The van der Waals surface area contributed by atoms with E-state index in [4.69, 9.17) is 5.73 Å². The lowest BCUT2D eigenvalue weighted by Crippen LogP contribution is -2.59. The first-order valence-electron chi connectivity index (χ1n) is 9.59. The van der Waals surface area contributed by atoms with Crippen molar-refractivity contribution in [1.29, 1.82) is 0 Å². The molecule has 154 valence electrons. The van der Waals surface area contributed by atoms with Crippen LogP contribution in [-0.2, 0) is 15.8 Å². The van der Waals surface area contributed by atoms with Crippen LogP contribution in [0.1, 0.15) is 36.8 Å². The third-order valence-corrected chi connectivity index (χ3v) is 5.92. The number of nitrogens with one attached hydrogen (secondary N) is 1. The summed E-state index contributed by atoms with van der Waals surface area (Å²) in [6.45, 7) is 0. The van der Waals surface area contributed by atoms with E-state index < -0.39 is 23.2 Å². The van der Waals surface area contributed by atoms with Gasteiger partial charge in [-0.05, 0) is 67.0 Å². The average Bonchev–Trinajstić information content (AvgIpc) is 3.55. The zero-order valence-electron chi connectivity index (χ0n) is 15.9. The summed E-state index contributed by atoms with van der Waals surface area (Å²) < 4.78 is 38.7. The fourth-order valence-corrected chi connectivity index (χ4v) is 3.88. The molecule has 8 heteroatoms. The molecule has 2 aliphatic carbocycles. The van der Waals surface area contributed by atoms with Crippen molar-refractivity contribution < 1.29 is 22.8 Å². The highest BCUT2D eigenvalue weighted by atomic mass is 19.4.